The van der Waals surface area contributed by atoms with Gasteiger partial charge in [-0.05, 0) is 26.0 Å². The maximum absolute atomic E-state index is 11.9. The second-order valence-corrected chi connectivity index (χ2v) is 4.19. The first-order chi connectivity index (χ1) is 9.26. The van der Waals surface area contributed by atoms with Gasteiger partial charge in [-0.15, -0.1) is 0 Å². The van der Waals surface area contributed by atoms with E-state index < -0.39 is 0 Å². The molecule has 0 saturated carbocycles. The fraction of sp³-hybridized carbons (Fsp3) is 0.333. The minimum absolute atomic E-state index is 0.00191. The lowest BCUT2D eigenvalue weighted by atomic mass is 10.2. The quantitative estimate of drug-likeness (QED) is 0.827. The largest absolute Gasteiger partial charge is 0.481 e. The number of carbonyl (C=O) groups excluding carboxylic acids is 1. The number of rotatable bonds is 5. The van der Waals surface area contributed by atoms with E-state index in [0.29, 0.717) is 18.8 Å². The summed E-state index contributed by atoms with van der Waals surface area (Å²) < 4.78 is 5.61. The minimum Gasteiger partial charge on any atom is -0.481 e. The normalized spacial score (nSPS) is 10.4. The van der Waals surface area contributed by atoms with Crippen LogP contribution in [0.5, 0.6) is 5.75 Å². The van der Waals surface area contributed by atoms with E-state index >= 15 is 0 Å². The van der Waals surface area contributed by atoms with Gasteiger partial charge in [0.05, 0.1) is 0 Å². The highest BCUT2D eigenvalue weighted by atomic mass is 16.5. The van der Waals surface area contributed by atoms with E-state index in [2.05, 4.69) is 4.98 Å². The van der Waals surface area contributed by atoms with E-state index in [4.69, 9.17) is 4.74 Å². The summed E-state index contributed by atoms with van der Waals surface area (Å²) in [5.74, 6) is 0.650. The Kier molecular flexibility index (Phi) is 4.34. The van der Waals surface area contributed by atoms with Crippen molar-refractivity contribution in [2.75, 3.05) is 19.7 Å². The molecule has 2 aromatic rings. The van der Waals surface area contributed by atoms with Crippen molar-refractivity contribution in [3.05, 3.63) is 36.5 Å². The van der Waals surface area contributed by atoms with Gasteiger partial charge in [0.1, 0.15) is 11.3 Å². The van der Waals surface area contributed by atoms with E-state index in [1.165, 1.54) is 0 Å². The molecule has 0 N–H and O–H groups in total. The van der Waals surface area contributed by atoms with Crippen molar-refractivity contribution in [1.29, 1.82) is 0 Å². The van der Waals surface area contributed by atoms with Crippen molar-refractivity contribution in [3.8, 4) is 5.75 Å². The summed E-state index contributed by atoms with van der Waals surface area (Å²) in [5.41, 5.74) is 0.789. The Morgan fingerprint density at radius 1 is 1.21 bits per heavy atom. The van der Waals surface area contributed by atoms with Crippen LogP contribution in [-0.4, -0.2) is 35.5 Å². The highest BCUT2D eigenvalue weighted by molar-refractivity contribution is 5.85. The summed E-state index contributed by atoms with van der Waals surface area (Å²) in [6, 6.07) is 9.57. The average molecular weight is 258 g/mol. The van der Waals surface area contributed by atoms with Crippen molar-refractivity contribution in [2.24, 2.45) is 0 Å². The molecule has 4 heteroatoms. The monoisotopic (exact) mass is 258 g/mol. The number of pyridine rings is 1. The highest BCUT2D eigenvalue weighted by Crippen LogP contribution is 2.22. The lowest BCUT2D eigenvalue weighted by Gasteiger charge is -2.18. The summed E-state index contributed by atoms with van der Waals surface area (Å²) in [5, 5.41) is 1.01. The van der Waals surface area contributed by atoms with Crippen LogP contribution in [0.25, 0.3) is 10.9 Å². The molecule has 0 unspecified atom stereocenters. The van der Waals surface area contributed by atoms with Gasteiger partial charge in [-0.25, -0.2) is 0 Å². The standard InChI is InChI=1S/C15H18N2O2/c1-3-17(4-2)14(18)11-19-13-9-5-7-12-8-6-10-16-15(12)13/h5-10H,3-4,11H2,1-2H3. The maximum Gasteiger partial charge on any atom is 0.260 e. The van der Waals surface area contributed by atoms with E-state index in [9.17, 15) is 4.79 Å². The van der Waals surface area contributed by atoms with E-state index in [-0.39, 0.29) is 12.5 Å². The molecule has 0 aliphatic heterocycles. The van der Waals surface area contributed by atoms with Crippen molar-refractivity contribution in [3.63, 3.8) is 0 Å². The van der Waals surface area contributed by atoms with Gasteiger partial charge < -0.3 is 9.64 Å². The molecular weight excluding hydrogens is 240 g/mol. The first kappa shape index (κ1) is 13.3. The van der Waals surface area contributed by atoms with E-state index in [0.717, 1.165) is 10.9 Å². The van der Waals surface area contributed by atoms with Gasteiger partial charge in [0, 0.05) is 24.7 Å². The third-order valence-electron chi connectivity index (χ3n) is 3.06. The number of benzene rings is 1. The Labute approximate surface area is 113 Å². The molecule has 1 aromatic carbocycles. The van der Waals surface area contributed by atoms with Crippen molar-refractivity contribution < 1.29 is 9.53 Å². The number of fused-ring (bicyclic) bond motifs is 1. The zero-order valence-corrected chi connectivity index (χ0v) is 11.3. The molecule has 0 bridgehead atoms. The number of carbonyl (C=O) groups is 1. The summed E-state index contributed by atoms with van der Waals surface area (Å²) in [6.45, 7) is 5.37. The Bertz CT molecular complexity index is 560. The summed E-state index contributed by atoms with van der Waals surface area (Å²) in [6.07, 6.45) is 1.72. The average Bonchev–Trinajstić information content (AvgIpc) is 2.46. The Morgan fingerprint density at radius 3 is 2.68 bits per heavy atom. The molecule has 0 atom stereocenters. The molecule has 100 valence electrons. The van der Waals surface area contributed by atoms with Crippen LogP contribution in [0.3, 0.4) is 0 Å². The van der Waals surface area contributed by atoms with Crippen LogP contribution >= 0.6 is 0 Å². The van der Waals surface area contributed by atoms with Gasteiger partial charge >= 0.3 is 0 Å². The zero-order chi connectivity index (χ0) is 13.7. The van der Waals surface area contributed by atoms with Gasteiger partial charge in [0.25, 0.3) is 5.91 Å². The number of ether oxygens (including phenoxy) is 1. The molecule has 19 heavy (non-hydrogen) atoms. The lowest BCUT2D eigenvalue weighted by molar-refractivity contribution is -0.132. The summed E-state index contributed by atoms with van der Waals surface area (Å²) >= 11 is 0. The maximum atomic E-state index is 11.9. The van der Waals surface area contributed by atoms with Crippen LogP contribution in [0.2, 0.25) is 0 Å². The third kappa shape index (κ3) is 3.02. The molecule has 0 fully saturated rings. The minimum atomic E-state index is -0.00191. The topological polar surface area (TPSA) is 42.4 Å². The number of hydrogen-bond acceptors (Lipinski definition) is 3. The number of hydrogen-bond donors (Lipinski definition) is 0. The highest BCUT2D eigenvalue weighted by Gasteiger charge is 2.11. The first-order valence-corrected chi connectivity index (χ1v) is 6.50. The molecule has 0 spiro atoms. The van der Waals surface area contributed by atoms with E-state index in [1.54, 1.807) is 11.1 Å². The Morgan fingerprint density at radius 2 is 1.95 bits per heavy atom. The molecular formula is C15H18N2O2. The molecule has 1 aromatic heterocycles. The smallest absolute Gasteiger partial charge is 0.260 e. The molecule has 0 aliphatic carbocycles. The third-order valence-corrected chi connectivity index (χ3v) is 3.06. The number of amides is 1. The van der Waals surface area contributed by atoms with Crippen LogP contribution in [0, 0.1) is 0 Å². The fourth-order valence-electron chi connectivity index (χ4n) is 2.00. The number of nitrogens with zero attached hydrogens (tertiary/aromatic N) is 2. The van der Waals surface area contributed by atoms with Crippen molar-refractivity contribution in [1.82, 2.24) is 9.88 Å². The predicted molar refractivity (Wildman–Crippen MR) is 75.2 cm³/mol. The van der Waals surface area contributed by atoms with Gasteiger partial charge in [0.15, 0.2) is 6.61 Å². The van der Waals surface area contributed by atoms with Gasteiger partial charge in [0.2, 0.25) is 0 Å². The number of para-hydroxylation sites is 1. The number of aromatic nitrogens is 1. The zero-order valence-electron chi connectivity index (χ0n) is 11.3. The van der Waals surface area contributed by atoms with Gasteiger partial charge in [-0.2, -0.15) is 0 Å². The lowest BCUT2D eigenvalue weighted by Crippen LogP contribution is -2.34. The van der Waals surface area contributed by atoms with Crippen molar-refractivity contribution >= 4 is 16.8 Å². The second-order valence-electron chi connectivity index (χ2n) is 4.19. The number of likely N-dealkylation sites (N-methyl/N-ethyl adjacent to an activating group) is 1. The first-order valence-electron chi connectivity index (χ1n) is 6.50. The van der Waals surface area contributed by atoms with Crippen LogP contribution in [0.4, 0.5) is 0 Å². The van der Waals surface area contributed by atoms with Crippen LogP contribution in [-0.2, 0) is 4.79 Å². The SMILES string of the molecule is CCN(CC)C(=O)COc1cccc2cccnc12. The van der Waals surface area contributed by atoms with Gasteiger partial charge in [-0.1, -0.05) is 18.2 Å². The molecule has 1 heterocycles. The molecule has 0 radical (unpaired) electrons. The fourth-order valence-corrected chi connectivity index (χ4v) is 2.00. The summed E-state index contributed by atoms with van der Waals surface area (Å²) in [4.78, 5) is 17.9. The summed E-state index contributed by atoms with van der Waals surface area (Å²) in [7, 11) is 0. The Balaban J connectivity index is 2.12. The second kappa shape index (κ2) is 6.18. The predicted octanol–water partition coefficient (Wildman–Crippen LogP) is 2.48. The van der Waals surface area contributed by atoms with Crippen LogP contribution in [0.1, 0.15) is 13.8 Å². The van der Waals surface area contributed by atoms with E-state index in [1.807, 2.05) is 44.2 Å². The molecule has 0 saturated heterocycles. The molecule has 0 aliphatic rings. The molecule has 1 amide bonds. The Hall–Kier alpha value is -2.10. The van der Waals surface area contributed by atoms with Crippen LogP contribution in [0.15, 0.2) is 36.5 Å². The van der Waals surface area contributed by atoms with Gasteiger partial charge in [-0.3, -0.25) is 9.78 Å². The molecule has 2 rings (SSSR count). The van der Waals surface area contributed by atoms with Crippen molar-refractivity contribution in [2.45, 2.75) is 13.8 Å². The van der Waals surface area contributed by atoms with Crippen LogP contribution < -0.4 is 4.74 Å². The molecule has 4 nitrogen and oxygen atoms in total.